The smallest absolute Gasteiger partial charge is 0.407 e. The number of carbonyl (C=O) groups is 6. The van der Waals surface area contributed by atoms with Crippen LogP contribution >= 0.6 is 0 Å². The number of ether oxygens (including phenoxy) is 5. The summed E-state index contributed by atoms with van der Waals surface area (Å²) >= 11 is 0. The number of esters is 2. The van der Waals surface area contributed by atoms with Crippen molar-refractivity contribution in [1.29, 1.82) is 0 Å². The molecule has 0 bridgehead atoms. The maximum absolute atomic E-state index is 12.8. The summed E-state index contributed by atoms with van der Waals surface area (Å²) < 4.78 is 24.9. The number of nitrogens with zero attached hydrogens (tertiary/aromatic N) is 1. The van der Waals surface area contributed by atoms with Gasteiger partial charge in [0.25, 0.3) is 0 Å². The zero-order valence-corrected chi connectivity index (χ0v) is 30.5. The lowest BCUT2D eigenvalue weighted by atomic mass is 10.00. The average molecular weight is 726 g/mol. The molecule has 1 rings (SSSR count). The summed E-state index contributed by atoms with van der Waals surface area (Å²) in [7, 11) is 0. The van der Waals surface area contributed by atoms with Crippen molar-refractivity contribution in [3.63, 3.8) is 0 Å². The Labute approximate surface area is 301 Å². The van der Waals surface area contributed by atoms with Gasteiger partial charge in [-0.25, -0.2) is 28.8 Å². The molecule has 290 valence electrons. The van der Waals surface area contributed by atoms with Crippen LogP contribution in [0.3, 0.4) is 0 Å². The van der Waals surface area contributed by atoms with Gasteiger partial charge in [-0.3, -0.25) is 0 Å². The van der Waals surface area contributed by atoms with Gasteiger partial charge >= 0.3 is 36.2 Å². The zero-order chi connectivity index (χ0) is 37.7. The number of alkyl carbamates (subject to hydrolysis) is 3. The van der Waals surface area contributed by atoms with Crippen molar-refractivity contribution in [1.82, 2.24) is 26.2 Å². The lowest BCUT2D eigenvalue weighted by Gasteiger charge is -2.35. The quantitative estimate of drug-likeness (QED) is 0.0448. The number of urea groups is 1. The van der Waals surface area contributed by atoms with E-state index >= 15 is 0 Å². The first kappa shape index (κ1) is 44.5. The Balaban J connectivity index is 2.04. The normalized spacial score (nSPS) is 13.6. The molecule has 1 aliphatic heterocycles. The summed E-state index contributed by atoms with van der Waals surface area (Å²) in [5.41, 5.74) is 0.565. The van der Waals surface area contributed by atoms with E-state index in [2.05, 4.69) is 34.4 Å². The molecule has 4 N–H and O–H groups in total. The molecular formula is C35H59N5O11. The van der Waals surface area contributed by atoms with Crippen LogP contribution in [-0.2, 0) is 33.3 Å². The molecule has 0 aliphatic carbocycles. The van der Waals surface area contributed by atoms with E-state index in [1.54, 1.807) is 0 Å². The highest BCUT2D eigenvalue weighted by molar-refractivity contribution is 5.87. The minimum absolute atomic E-state index is 0.0143. The molecule has 1 saturated heterocycles. The van der Waals surface area contributed by atoms with E-state index in [-0.39, 0.29) is 56.3 Å². The lowest BCUT2D eigenvalue weighted by Crippen LogP contribution is -2.49. The van der Waals surface area contributed by atoms with Gasteiger partial charge < -0.3 is 49.9 Å². The summed E-state index contributed by atoms with van der Waals surface area (Å²) in [6.45, 7) is 12.7. The van der Waals surface area contributed by atoms with E-state index in [1.807, 2.05) is 4.90 Å². The molecule has 1 fully saturated rings. The first-order valence-corrected chi connectivity index (χ1v) is 17.9. The van der Waals surface area contributed by atoms with Crippen molar-refractivity contribution in [3.05, 3.63) is 24.3 Å². The molecule has 1 heterocycles. The minimum Gasteiger partial charge on any atom is -0.459 e. The minimum atomic E-state index is -0.571. The van der Waals surface area contributed by atoms with Crippen LogP contribution < -0.4 is 21.3 Å². The number of nitrogens with one attached hydrogen (secondary N) is 4. The SMILES string of the molecule is C=C(C)C(=O)OCCOC(=O)NCCCCCCNC(=O)OCCC1CCCCN1C(=O)NCCCCCCNC(=O)OCCOC(=O)C(=C)C. The van der Waals surface area contributed by atoms with Gasteiger partial charge in [-0.2, -0.15) is 0 Å². The monoisotopic (exact) mass is 725 g/mol. The zero-order valence-electron chi connectivity index (χ0n) is 30.5. The third-order valence-corrected chi connectivity index (χ3v) is 7.66. The molecule has 51 heavy (non-hydrogen) atoms. The Kier molecular flexibility index (Phi) is 24.6. The molecule has 0 aromatic heterocycles. The summed E-state index contributed by atoms with van der Waals surface area (Å²) in [4.78, 5) is 72.6. The van der Waals surface area contributed by atoms with Crippen molar-refractivity contribution in [2.75, 3.05) is 65.8 Å². The van der Waals surface area contributed by atoms with E-state index in [0.29, 0.717) is 39.1 Å². The van der Waals surface area contributed by atoms with Gasteiger partial charge in [0, 0.05) is 56.3 Å². The van der Waals surface area contributed by atoms with Crippen molar-refractivity contribution in [2.24, 2.45) is 0 Å². The molecule has 1 aliphatic rings. The highest BCUT2D eigenvalue weighted by Gasteiger charge is 2.26. The van der Waals surface area contributed by atoms with E-state index in [0.717, 1.165) is 70.6 Å². The molecule has 5 amide bonds. The van der Waals surface area contributed by atoms with Crippen molar-refractivity contribution >= 4 is 36.2 Å². The maximum Gasteiger partial charge on any atom is 0.407 e. The highest BCUT2D eigenvalue weighted by Crippen LogP contribution is 2.20. The van der Waals surface area contributed by atoms with Crippen LogP contribution in [0.2, 0.25) is 0 Å². The summed E-state index contributed by atoms with van der Waals surface area (Å²) in [5, 5.41) is 11.0. The number of unbranched alkanes of at least 4 members (excludes halogenated alkanes) is 6. The molecule has 0 radical (unpaired) electrons. The predicted molar refractivity (Wildman–Crippen MR) is 189 cm³/mol. The number of amides is 5. The molecule has 0 saturated carbocycles. The first-order valence-electron chi connectivity index (χ1n) is 17.9. The van der Waals surface area contributed by atoms with Crippen LogP contribution in [0.4, 0.5) is 19.2 Å². The Bertz CT molecular complexity index is 1120. The summed E-state index contributed by atoms with van der Waals surface area (Å²) in [6.07, 6.45) is 8.42. The van der Waals surface area contributed by atoms with E-state index in [9.17, 15) is 28.8 Å². The fraction of sp³-hybridized carbons (Fsp3) is 0.714. The van der Waals surface area contributed by atoms with Gasteiger partial charge in [-0.05, 0) is 58.8 Å². The maximum atomic E-state index is 12.8. The summed E-state index contributed by atoms with van der Waals surface area (Å²) in [5.74, 6) is -1.05. The Morgan fingerprint density at radius 1 is 0.549 bits per heavy atom. The Morgan fingerprint density at radius 3 is 1.37 bits per heavy atom. The number of rotatable bonds is 25. The van der Waals surface area contributed by atoms with Crippen LogP contribution in [0.1, 0.15) is 90.9 Å². The second kappa shape index (κ2) is 28.2. The second-order valence-corrected chi connectivity index (χ2v) is 12.2. The second-order valence-electron chi connectivity index (χ2n) is 12.2. The van der Waals surface area contributed by atoms with Gasteiger partial charge in [0.1, 0.15) is 26.4 Å². The van der Waals surface area contributed by atoms with Gasteiger partial charge in [-0.1, -0.05) is 38.8 Å². The van der Waals surface area contributed by atoms with Crippen LogP contribution in [-0.4, -0.2) is 113 Å². The molecule has 1 atom stereocenters. The standard InChI is InChI=1S/C35H59N5O11/c1-27(2)30(41)47-23-25-50-34(45)38-19-11-6-5-10-17-36-32(43)40-21-14-9-15-29(40)16-22-49-33(44)37-18-12-7-8-13-20-39-35(46)51-26-24-48-31(42)28(3)4/h29H,1,3,5-26H2,2,4H3,(H,36,43)(H,37,44)(H,38,45)(H,39,46). The Hall–Kier alpha value is -4.50. The summed E-state index contributed by atoms with van der Waals surface area (Å²) in [6, 6.07) is -0.0864. The van der Waals surface area contributed by atoms with Crippen molar-refractivity contribution in [2.45, 2.75) is 96.9 Å². The molecule has 0 aromatic carbocycles. The largest absolute Gasteiger partial charge is 0.459 e. The van der Waals surface area contributed by atoms with Crippen LogP contribution in [0.5, 0.6) is 0 Å². The third kappa shape index (κ3) is 23.5. The molecule has 0 spiro atoms. The third-order valence-electron chi connectivity index (χ3n) is 7.66. The van der Waals surface area contributed by atoms with Gasteiger partial charge in [0.15, 0.2) is 0 Å². The van der Waals surface area contributed by atoms with Gasteiger partial charge in [-0.15, -0.1) is 0 Å². The van der Waals surface area contributed by atoms with Crippen LogP contribution in [0, 0.1) is 0 Å². The van der Waals surface area contributed by atoms with Crippen molar-refractivity contribution in [3.8, 4) is 0 Å². The van der Waals surface area contributed by atoms with E-state index < -0.39 is 30.2 Å². The van der Waals surface area contributed by atoms with Gasteiger partial charge in [0.05, 0.1) is 6.61 Å². The molecular weight excluding hydrogens is 666 g/mol. The molecule has 16 nitrogen and oxygen atoms in total. The van der Waals surface area contributed by atoms with Gasteiger partial charge in [0.2, 0.25) is 0 Å². The number of hydrogen-bond acceptors (Lipinski definition) is 11. The average Bonchev–Trinajstić information content (AvgIpc) is 3.10. The van der Waals surface area contributed by atoms with E-state index in [4.69, 9.17) is 23.7 Å². The van der Waals surface area contributed by atoms with Crippen molar-refractivity contribution < 1.29 is 52.5 Å². The Morgan fingerprint density at radius 2 is 0.941 bits per heavy atom. The highest BCUT2D eigenvalue weighted by atomic mass is 16.6. The topological polar surface area (TPSA) is 200 Å². The number of likely N-dealkylation sites (tertiary alicyclic amines) is 1. The number of piperidine rings is 1. The molecule has 0 aromatic rings. The number of carbonyl (C=O) groups excluding carboxylic acids is 6. The fourth-order valence-corrected chi connectivity index (χ4v) is 4.87. The fourth-order valence-electron chi connectivity index (χ4n) is 4.87. The van der Waals surface area contributed by atoms with Crippen LogP contribution in [0.15, 0.2) is 24.3 Å². The lowest BCUT2D eigenvalue weighted by molar-refractivity contribution is -0.140. The molecule has 1 unspecified atom stereocenters. The number of hydrogen-bond donors (Lipinski definition) is 4. The molecule has 16 heteroatoms. The van der Waals surface area contributed by atoms with E-state index in [1.165, 1.54) is 13.8 Å². The first-order chi connectivity index (χ1) is 24.5. The predicted octanol–water partition coefficient (Wildman–Crippen LogP) is 4.48. The van der Waals surface area contributed by atoms with Crippen LogP contribution in [0.25, 0.3) is 0 Å².